The third kappa shape index (κ3) is 4.55. The smallest absolute Gasteiger partial charge is 0.329 e. The number of carbonyl (C=O) groups excluding carboxylic acids is 3. The molecule has 2 heterocycles. The van der Waals surface area contributed by atoms with Gasteiger partial charge in [-0.15, -0.1) is 0 Å². The van der Waals surface area contributed by atoms with Crippen LogP contribution in [0.5, 0.6) is 0 Å². The van der Waals surface area contributed by atoms with Gasteiger partial charge in [-0.2, -0.15) is 0 Å². The fourth-order valence-corrected chi connectivity index (χ4v) is 5.15. The molecular formula is C27H32N4O3. The zero-order valence-electron chi connectivity index (χ0n) is 20.4. The second-order valence-electron chi connectivity index (χ2n) is 9.78. The van der Waals surface area contributed by atoms with Crippen LogP contribution in [0.25, 0.3) is 6.08 Å². The number of amides is 4. The molecule has 7 heteroatoms. The topological polar surface area (TPSA) is 81.8 Å². The number of hydrogen-bond acceptors (Lipinski definition) is 4. The number of urea groups is 1. The van der Waals surface area contributed by atoms with E-state index >= 15 is 0 Å². The maximum Gasteiger partial charge on any atom is 0.329 e. The van der Waals surface area contributed by atoms with Crippen LogP contribution in [0.15, 0.2) is 48.2 Å². The van der Waals surface area contributed by atoms with Gasteiger partial charge in [-0.05, 0) is 87.1 Å². The highest BCUT2D eigenvalue weighted by molar-refractivity contribution is 6.16. The highest BCUT2D eigenvalue weighted by atomic mass is 16.2. The number of hydrogen-bond donors (Lipinski definition) is 2. The quantitative estimate of drug-likeness (QED) is 0.503. The average molecular weight is 461 g/mol. The van der Waals surface area contributed by atoms with E-state index in [-0.39, 0.29) is 17.8 Å². The molecule has 7 nitrogen and oxygen atoms in total. The van der Waals surface area contributed by atoms with Crippen LogP contribution in [-0.4, -0.2) is 41.4 Å². The van der Waals surface area contributed by atoms with Crippen molar-refractivity contribution >= 4 is 35.3 Å². The fraction of sp³-hybridized carbons (Fsp3) is 0.370. The first kappa shape index (κ1) is 23.5. The molecule has 0 aromatic heterocycles. The average Bonchev–Trinajstić information content (AvgIpc) is 3.01. The summed E-state index contributed by atoms with van der Waals surface area (Å²) in [5, 5.41) is 5.35. The first-order valence-corrected chi connectivity index (χ1v) is 11.7. The lowest BCUT2D eigenvalue weighted by Gasteiger charge is -2.47. The van der Waals surface area contributed by atoms with Gasteiger partial charge in [-0.1, -0.05) is 25.1 Å². The standard InChI is InChI=1S/C27H32N4O3/c1-6-31-23-11-10-19(13-21(23)18(3)15-27(31,4)5)14-22-25(33)30(26(34)29-22)16-24(32)28-20-9-7-8-17(2)12-20/h7-14,18H,6,15-16H2,1-5H3,(H,28,32)(H,29,34)/b22-14+. The molecule has 2 aliphatic heterocycles. The minimum Gasteiger partial charge on any atom is -0.366 e. The van der Waals surface area contributed by atoms with Crippen LogP contribution >= 0.6 is 0 Å². The van der Waals surface area contributed by atoms with Gasteiger partial charge in [0.15, 0.2) is 0 Å². The molecule has 4 amide bonds. The summed E-state index contributed by atoms with van der Waals surface area (Å²) in [6.07, 6.45) is 2.72. The molecule has 1 atom stereocenters. The molecule has 2 aliphatic rings. The van der Waals surface area contributed by atoms with Crippen LogP contribution in [0.4, 0.5) is 16.2 Å². The Labute approximate surface area is 200 Å². The van der Waals surface area contributed by atoms with E-state index in [1.165, 1.54) is 11.3 Å². The Kier molecular flexibility index (Phi) is 6.21. The van der Waals surface area contributed by atoms with Crippen LogP contribution in [0.2, 0.25) is 0 Å². The van der Waals surface area contributed by atoms with Crippen molar-refractivity contribution in [3.63, 3.8) is 0 Å². The van der Waals surface area contributed by atoms with Gasteiger partial charge >= 0.3 is 6.03 Å². The Balaban J connectivity index is 1.51. The molecule has 34 heavy (non-hydrogen) atoms. The van der Waals surface area contributed by atoms with E-state index in [0.717, 1.165) is 29.0 Å². The van der Waals surface area contributed by atoms with E-state index in [0.29, 0.717) is 11.6 Å². The number of nitrogens with one attached hydrogen (secondary N) is 2. The highest BCUT2D eigenvalue weighted by Gasteiger charge is 2.37. The summed E-state index contributed by atoms with van der Waals surface area (Å²) in [5.74, 6) is -0.562. The first-order chi connectivity index (χ1) is 16.1. The van der Waals surface area contributed by atoms with Crippen molar-refractivity contribution in [1.82, 2.24) is 10.2 Å². The van der Waals surface area contributed by atoms with Crippen LogP contribution in [-0.2, 0) is 9.59 Å². The summed E-state index contributed by atoms with van der Waals surface area (Å²) in [4.78, 5) is 41.1. The summed E-state index contributed by atoms with van der Waals surface area (Å²) < 4.78 is 0. The van der Waals surface area contributed by atoms with Crippen molar-refractivity contribution in [2.75, 3.05) is 23.3 Å². The highest BCUT2D eigenvalue weighted by Crippen LogP contribution is 2.43. The van der Waals surface area contributed by atoms with Crippen LogP contribution in [0, 0.1) is 6.92 Å². The molecule has 178 valence electrons. The molecule has 0 spiro atoms. The van der Waals surface area contributed by atoms with Gasteiger partial charge in [0, 0.05) is 23.5 Å². The summed E-state index contributed by atoms with van der Waals surface area (Å²) >= 11 is 0. The molecule has 0 bridgehead atoms. The largest absolute Gasteiger partial charge is 0.366 e. The monoisotopic (exact) mass is 460 g/mol. The van der Waals surface area contributed by atoms with Gasteiger partial charge in [0.2, 0.25) is 5.91 Å². The number of imide groups is 1. The van der Waals surface area contributed by atoms with Gasteiger partial charge in [0.1, 0.15) is 12.2 Å². The lowest BCUT2D eigenvalue weighted by molar-refractivity contribution is -0.127. The fourth-order valence-electron chi connectivity index (χ4n) is 5.15. The summed E-state index contributed by atoms with van der Waals surface area (Å²) in [5.41, 5.74) is 5.17. The van der Waals surface area contributed by atoms with Gasteiger partial charge in [-0.3, -0.25) is 9.59 Å². The third-order valence-corrected chi connectivity index (χ3v) is 6.60. The number of nitrogens with zero attached hydrogens (tertiary/aromatic N) is 2. The molecule has 0 radical (unpaired) electrons. The second kappa shape index (κ2) is 8.97. The van der Waals surface area contributed by atoms with E-state index in [1.54, 1.807) is 12.1 Å². The third-order valence-electron chi connectivity index (χ3n) is 6.60. The Morgan fingerprint density at radius 1 is 1.21 bits per heavy atom. The molecule has 2 aromatic rings. The molecule has 2 aromatic carbocycles. The number of aryl methyl sites for hydroxylation is 1. The maximum absolute atomic E-state index is 12.9. The lowest BCUT2D eigenvalue weighted by Crippen LogP contribution is -2.48. The van der Waals surface area contributed by atoms with Crippen molar-refractivity contribution in [2.24, 2.45) is 0 Å². The lowest BCUT2D eigenvalue weighted by atomic mass is 9.79. The van der Waals surface area contributed by atoms with Crippen LogP contribution in [0.3, 0.4) is 0 Å². The van der Waals surface area contributed by atoms with E-state index in [2.05, 4.69) is 55.4 Å². The van der Waals surface area contributed by atoms with Crippen LogP contribution < -0.4 is 15.5 Å². The summed E-state index contributed by atoms with van der Waals surface area (Å²) in [6, 6.07) is 12.9. The number of anilines is 2. The Hall–Kier alpha value is -3.61. The van der Waals surface area contributed by atoms with E-state index in [4.69, 9.17) is 0 Å². The van der Waals surface area contributed by atoms with E-state index in [1.807, 2.05) is 31.2 Å². The second-order valence-corrected chi connectivity index (χ2v) is 9.78. The number of carbonyl (C=O) groups is 3. The zero-order valence-corrected chi connectivity index (χ0v) is 20.4. The number of benzene rings is 2. The van der Waals surface area contributed by atoms with Crippen molar-refractivity contribution < 1.29 is 14.4 Å². The minimum absolute atomic E-state index is 0.0794. The van der Waals surface area contributed by atoms with Gasteiger partial charge in [-0.25, -0.2) is 9.69 Å². The molecule has 1 saturated heterocycles. The Morgan fingerprint density at radius 2 is 1.97 bits per heavy atom. The molecule has 1 unspecified atom stereocenters. The maximum atomic E-state index is 12.9. The van der Waals surface area contributed by atoms with E-state index < -0.39 is 17.8 Å². The molecular weight excluding hydrogens is 428 g/mol. The SMILES string of the molecule is CCN1c2ccc(/C=C3/NC(=O)N(CC(=O)Nc4cccc(C)c4)C3=O)cc2C(C)CC1(C)C. The van der Waals surface area contributed by atoms with Crippen molar-refractivity contribution in [2.45, 2.75) is 52.5 Å². The van der Waals surface area contributed by atoms with Gasteiger partial charge < -0.3 is 15.5 Å². The molecule has 4 rings (SSSR count). The first-order valence-electron chi connectivity index (χ1n) is 11.7. The van der Waals surface area contributed by atoms with Crippen LogP contribution in [0.1, 0.15) is 56.7 Å². The molecule has 0 aliphatic carbocycles. The Morgan fingerprint density at radius 3 is 2.68 bits per heavy atom. The number of rotatable bonds is 5. The molecule has 1 fully saturated rings. The summed E-state index contributed by atoms with van der Waals surface area (Å²) in [6.45, 7) is 11.4. The zero-order chi connectivity index (χ0) is 24.6. The van der Waals surface area contributed by atoms with Gasteiger partial charge in [0.05, 0.1) is 0 Å². The van der Waals surface area contributed by atoms with Gasteiger partial charge in [0.25, 0.3) is 5.91 Å². The molecule has 2 N–H and O–H groups in total. The predicted octanol–water partition coefficient (Wildman–Crippen LogP) is 4.64. The van der Waals surface area contributed by atoms with E-state index in [9.17, 15) is 14.4 Å². The Bertz CT molecular complexity index is 1180. The normalized spacial score (nSPS) is 20.4. The van der Waals surface area contributed by atoms with Crippen molar-refractivity contribution in [3.05, 3.63) is 64.9 Å². The predicted molar refractivity (Wildman–Crippen MR) is 135 cm³/mol. The minimum atomic E-state index is -0.596. The molecule has 0 saturated carbocycles. The number of fused-ring (bicyclic) bond motifs is 1. The summed E-state index contributed by atoms with van der Waals surface area (Å²) in [7, 11) is 0. The van der Waals surface area contributed by atoms with Crippen molar-refractivity contribution in [3.8, 4) is 0 Å². The van der Waals surface area contributed by atoms with Crippen molar-refractivity contribution in [1.29, 1.82) is 0 Å².